The molecule has 0 saturated heterocycles. The third kappa shape index (κ3) is 3.16. The summed E-state index contributed by atoms with van der Waals surface area (Å²) in [6.07, 6.45) is 1.88. The number of anilines is 2. The second kappa shape index (κ2) is 6.68. The van der Waals surface area contributed by atoms with Crippen LogP contribution >= 0.6 is 11.3 Å². The molecule has 3 nitrogen and oxygen atoms in total. The lowest BCUT2D eigenvalue weighted by molar-refractivity contribution is 1.21. The van der Waals surface area contributed by atoms with Crippen molar-refractivity contribution in [1.29, 1.82) is 0 Å². The molecule has 27 heavy (non-hydrogen) atoms. The monoisotopic (exact) mass is 386 g/mol. The van der Waals surface area contributed by atoms with Gasteiger partial charge in [0.1, 0.15) is 0 Å². The molecule has 2 heterocycles. The minimum absolute atomic E-state index is 0.597. The van der Waals surface area contributed by atoms with Gasteiger partial charge in [-0.15, -0.1) is 11.3 Å². The molecule has 130 valence electrons. The van der Waals surface area contributed by atoms with Gasteiger partial charge in [-0.1, -0.05) is 36.4 Å². The van der Waals surface area contributed by atoms with E-state index in [-0.39, 0.29) is 0 Å². The number of fused-ring (bicyclic) bond motifs is 3. The van der Waals surface area contributed by atoms with Gasteiger partial charge in [-0.3, -0.25) is 0 Å². The highest BCUT2D eigenvalue weighted by Gasteiger charge is 2.10. The molecule has 5 rings (SSSR count). The first kappa shape index (κ1) is 16.3. The zero-order valence-electron chi connectivity index (χ0n) is 14.3. The van der Waals surface area contributed by atoms with Crippen LogP contribution in [0.15, 0.2) is 83.9 Å². The van der Waals surface area contributed by atoms with E-state index in [1.807, 2.05) is 36.5 Å². The maximum atomic E-state index is 4.80. The highest BCUT2D eigenvalue weighted by molar-refractivity contribution is 7.58. The molecule has 0 aliphatic rings. The quantitative estimate of drug-likeness (QED) is 0.409. The minimum Gasteiger partial charge on any atom is -0.324 e. The van der Waals surface area contributed by atoms with Crippen LogP contribution in [0.5, 0.6) is 0 Å². The predicted octanol–water partition coefficient (Wildman–Crippen LogP) is 5.63. The van der Waals surface area contributed by atoms with Crippen molar-refractivity contribution in [2.75, 3.05) is 5.32 Å². The van der Waals surface area contributed by atoms with Gasteiger partial charge in [0.15, 0.2) is 4.90 Å². The molecule has 0 spiro atoms. The molecular formula is C22H16N3S2+. The third-order valence-corrected chi connectivity index (χ3v) is 5.88. The average molecular weight is 387 g/mol. The molecular weight excluding hydrogens is 370 g/mol. The number of aromatic nitrogens is 2. The van der Waals surface area contributed by atoms with E-state index in [9.17, 15) is 0 Å². The molecule has 0 atom stereocenters. The van der Waals surface area contributed by atoms with Gasteiger partial charge in [-0.25, -0.2) is 9.97 Å². The molecule has 2 aromatic heterocycles. The largest absolute Gasteiger partial charge is 0.324 e. The summed E-state index contributed by atoms with van der Waals surface area (Å²) >= 11 is 5.34. The predicted molar refractivity (Wildman–Crippen MR) is 119 cm³/mol. The van der Waals surface area contributed by atoms with Gasteiger partial charge in [0.25, 0.3) is 0 Å². The summed E-state index contributed by atoms with van der Waals surface area (Å²) in [6, 6.07) is 24.9. The summed E-state index contributed by atoms with van der Waals surface area (Å²) in [5.74, 6) is 0.597. The SMILES string of the molecule is [SH2+]c1cccc(Nc2ncc3ccc4sc(-c5ccccc5)cc4c3n2)c1. The van der Waals surface area contributed by atoms with E-state index < -0.39 is 0 Å². The zero-order chi connectivity index (χ0) is 18.2. The number of nitrogens with zero attached hydrogens (tertiary/aromatic N) is 2. The Bertz CT molecular complexity index is 1260. The molecule has 0 radical (unpaired) electrons. The molecule has 0 unspecified atom stereocenters. The second-order valence-electron chi connectivity index (χ2n) is 6.29. The summed E-state index contributed by atoms with van der Waals surface area (Å²) in [5, 5.41) is 5.49. The number of rotatable bonds is 3. The van der Waals surface area contributed by atoms with E-state index in [1.54, 1.807) is 11.3 Å². The number of nitrogens with one attached hydrogen (secondary N) is 1. The summed E-state index contributed by atoms with van der Waals surface area (Å²) in [4.78, 5) is 11.5. The third-order valence-electron chi connectivity index (χ3n) is 4.42. The molecule has 5 aromatic rings. The first-order valence-corrected chi connectivity index (χ1v) is 9.91. The Labute approximate surface area is 166 Å². The van der Waals surface area contributed by atoms with Crippen LogP contribution in [0, 0.1) is 0 Å². The van der Waals surface area contributed by atoms with Crippen molar-refractivity contribution in [2.45, 2.75) is 4.90 Å². The fourth-order valence-electron chi connectivity index (χ4n) is 3.14. The molecule has 1 N–H and O–H groups in total. The van der Waals surface area contributed by atoms with Gasteiger partial charge in [0.05, 0.1) is 5.52 Å². The minimum atomic E-state index is 0.597. The average Bonchev–Trinajstić information content (AvgIpc) is 3.14. The van der Waals surface area contributed by atoms with Gasteiger partial charge in [-0.2, -0.15) is 0 Å². The van der Waals surface area contributed by atoms with E-state index in [2.05, 4.69) is 65.4 Å². The van der Waals surface area contributed by atoms with Crippen LogP contribution in [-0.4, -0.2) is 9.97 Å². The van der Waals surface area contributed by atoms with Gasteiger partial charge in [0, 0.05) is 38.3 Å². The number of thiophene rings is 1. The van der Waals surface area contributed by atoms with Crippen LogP contribution in [0.1, 0.15) is 0 Å². The van der Waals surface area contributed by atoms with Crippen molar-refractivity contribution in [2.24, 2.45) is 0 Å². The van der Waals surface area contributed by atoms with Gasteiger partial charge < -0.3 is 5.32 Å². The van der Waals surface area contributed by atoms with E-state index in [4.69, 9.17) is 4.98 Å². The molecule has 0 saturated carbocycles. The van der Waals surface area contributed by atoms with E-state index in [1.165, 1.54) is 15.1 Å². The van der Waals surface area contributed by atoms with Crippen molar-refractivity contribution < 1.29 is 0 Å². The fraction of sp³-hybridized carbons (Fsp3) is 0. The zero-order valence-corrected chi connectivity index (χ0v) is 16.1. The number of hydrogen-bond donors (Lipinski definition) is 1. The molecule has 0 aliphatic heterocycles. The molecule has 3 aromatic carbocycles. The van der Waals surface area contributed by atoms with Crippen molar-refractivity contribution in [3.8, 4) is 10.4 Å². The maximum absolute atomic E-state index is 4.80. The smallest absolute Gasteiger partial charge is 0.227 e. The molecule has 0 amide bonds. The molecule has 0 bridgehead atoms. The van der Waals surface area contributed by atoms with Crippen molar-refractivity contribution >= 4 is 56.6 Å². The number of hydrogen-bond acceptors (Lipinski definition) is 4. The number of benzene rings is 3. The van der Waals surface area contributed by atoms with E-state index >= 15 is 0 Å². The van der Waals surface area contributed by atoms with Crippen LogP contribution in [0.3, 0.4) is 0 Å². The van der Waals surface area contributed by atoms with Crippen LogP contribution in [0.4, 0.5) is 11.6 Å². The van der Waals surface area contributed by atoms with Crippen molar-refractivity contribution in [3.63, 3.8) is 0 Å². The van der Waals surface area contributed by atoms with Gasteiger partial charge in [0.2, 0.25) is 5.95 Å². The summed E-state index contributed by atoms with van der Waals surface area (Å²) in [7, 11) is 0. The van der Waals surface area contributed by atoms with Crippen molar-refractivity contribution in [1.82, 2.24) is 9.97 Å². The van der Waals surface area contributed by atoms with Crippen LogP contribution in [-0.2, 0) is 12.6 Å². The lowest BCUT2D eigenvalue weighted by atomic mass is 10.1. The Hall–Kier alpha value is -2.89. The van der Waals surface area contributed by atoms with Crippen LogP contribution < -0.4 is 5.32 Å². The molecule has 0 fully saturated rings. The summed E-state index contributed by atoms with van der Waals surface area (Å²) < 4.78 is 1.23. The highest BCUT2D eigenvalue weighted by atomic mass is 32.1. The van der Waals surface area contributed by atoms with Gasteiger partial charge in [-0.05, 0) is 48.5 Å². The maximum Gasteiger partial charge on any atom is 0.227 e. The second-order valence-corrected chi connectivity index (χ2v) is 7.95. The van der Waals surface area contributed by atoms with E-state index in [0.717, 1.165) is 26.9 Å². The first-order chi connectivity index (χ1) is 13.3. The Kier molecular flexibility index (Phi) is 4.03. The van der Waals surface area contributed by atoms with Gasteiger partial charge >= 0.3 is 0 Å². The molecule has 0 aliphatic carbocycles. The standard InChI is InChI=1S/C22H15N3S2/c26-17-8-4-7-16(11-17)24-22-23-13-15-9-10-19-18(21(15)25-22)12-20(27-19)14-5-2-1-3-6-14/h1-13,26H,(H,23,24,25)/p+1. The van der Waals surface area contributed by atoms with Crippen LogP contribution in [0.25, 0.3) is 31.4 Å². The Morgan fingerprint density at radius 3 is 2.63 bits per heavy atom. The fourth-order valence-corrected chi connectivity index (χ4v) is 4.46. The molecule has 5 heteroatoms. The normalized spacial score (nSPS) is 11.1. The van der Waals surface area contributed by atoms with Crippen molar-refractivity contribution in [3.05, 3.63) is 79.0 Å². The Morgan fingerprint density at radius 1 is 0.889 bits per heavy atom. The topological polar surface area (TPSA) is 37.8 Å². The van der Waals surface area contributed by atoms with Crippen LogP contribution in [0.2, 0.25) is 0 Å². The summed E-state index contributed by atoms with van der Waals surface area (Å²) in [6.45, 7) is 0. The lowest BCUT2D eigenvalue weighted by Gasteiger charge is -2.06. The van der Waals surface area contributed by atoms with E-state index in [0.29, 0.717) is 5.95 Å². The first-order valence-electron chi connectivity index (χ1n) is 8.60. The highest BCUT2D eigenvalue weighted by Crippen LogP contribution is 2.36. The summed E-state index contributed by atoms with van der Waals surface area (Å²) in [5.41, 5.74) is 3.15. The Morgan fingerprint density at radius 2 is 1.78 bits per heavy atom. The Balaban J connectivity index is 1.62. The lowest BCUT2D eigenvalue weighted by Crippen LogP contribution is -1.97.